The van der Waals surface area contributed by atoms with Crippen molar-refractivity contribution < 1.29 is 0 Å². The summed E-state index contributed by atoms with van der Waals surface area (Å²) < 4.78 is 0. The highest BCUT2D eigenvalue weighted by molar-refractivity contribution is 5.79. The fraction of sp³-hybridized carbons (Fsp3) is 0.611. The van der Waals surface area contributed by atoms with Gasteiger partial charge in [0, 0.05) is 19.1 Å². The van der Waals surface area contributed by atoms with E-state index in [0.29, 0.717) is 6.04 Å². The Hall–Kier alpha value is -1.55. The van der Waals surface area contributed by atoms with Crippen LogP contribution in [-0.2, 0) is 6.42 Å². The highest BCUT2D eigenvalue weighted by Crippen LogP contribution is 2.27. The van der Waals surface area contributed by atoms with Crippen LogP contribution in [-0.4, -0.2) is 50.6 Å². The van der Waals surface area contributed by atoms with E-state index in [4.69, 9.17) is 4.99 Å². The summed E-state index contributed by atoms with van der Waals surface area (Å²) in [5, 5.41) is 6.81. The maximum Gasteiger partial charge on any atom is 0.191 e. The van der Waals surface area contributed by atoms with Crippen LogP contribution in [0.3, 0.4) is 0 Å². The highest BCUT2D eigenvalue weighted by Gasteiger charge is 2.21. The molecule has 1 aliphatic carbocycles. The lowest BCUT2D eigenvalue weighted by Crippen LogP contribution is -2.40. The van der Waals surface area contributed by atoms with Crippen LogP contribution in [0.5, 0.6) is 0 Å². The van der Waals surface area contributed by atoms with E-state index in [1.165, 1.54) is 18.4 Å². The molecule has 0 radical (unpaired) electrons. The zero-order valence-corrected chi connectivity index (χ0v) is 14.2. The molecule has 0 bridgehead atoms. The van der Waals surface area contributed by atoms with Gasteiger partial charge in [-0.15, -0.1) is 0 Å². The molecule has 2 N–H and O–H groups in total. The number of hydrogen-bond acceptors (Lipinski definition) is 2. The zero-order valence-electron chi connectivity index (χ0n) is 14.2. The van der Waals surface area contributed by atoms with Crippen LogP contribution in [0.1, 0.15) is 25.3 Å². The maximum absolute atomic E-state index is 4.78. The molecule has 1 atom stereocenters. The van der Waals surface area contributed by atoms with Crippen molar-refractivity contribution in [3.63, 3.8) is 0 Å². The van der Waals surface area contributed by atoms with Crippen molar-refractivity contribution in [2.45, 2.75) is 32.2 Å². The topological polar surface area (TPSA) is 39.7 Å². The molecule has 0 heterocycles. The van der Waals surface area contributed by atoms with Crippen molar-refractivity contribution in [2.75, 3.05) is 33.7 Å². The minimum Gasteiger partial charge on any atom is -0.357 e. The number of rotatable bonds is 8. The Kier molecular flexibility index (Phi) is 6.72. The second-order valence-corrected chi connectivity index (χ2v) is 6.35. The van der Waals surface area contributed by atoms with Crippen LogP contribution < -0.4 is 10.6 Å². The molecule has 0 spiro atoms. The summed E-state index contributed by atoms with van der Waals surface area (Å²) >= 11 is 0. The van der Waals surface area contributed by atoms with Crippen molar-refractivity contribution in [1.82, 2.24) is 15.5 Å². The van der Waals surface area contributed by atoms with Crippen molar-refractivity contribution in [1.29, 1.82) is 0 Å². The van der Waals surface area contributed by atoms with Crippen LogP contribution in [0.4, 0.5) is 0 Å². The van der Waals surface area contributed by atoms with Crippen molar-refractivity contribution in [3.05, 3.63) is 35.9 Å². The predicted molar refractivity (Wildman–Crippen MR) is 94.3 cm³/mol. The molecule has 2 rings (SSSR count). The van der Waals surface area contributed by atoms with Crippen molar-refractivity contribution in [3.8, 4) is 0 Å². The van der Waals surface area contributed by atoms with Crippen LogP contribution in [0.25, 0.3) is 0 Å². The molecular weight excluding hydrogens is 272 g/mol. The first-order valence-electron chi connectivity index (χ1n) is 8.41. The van der Waals surface area contributed by atoms with Gasteiger partial charge in [-0.3, -0.25) is 4.99 Å². The van der Waals surface area contributed by atoms with Crippen LogP contribution in [0.2, 0.25) is 0 Å². The Balaban J connectivity index is 1.90. The van der Waals surface area contributed by atoms with Gasteiger partial charge >= 0.3 is 0 Å². The van der Waals surface area contributed by atoms with Gasteiger partial charge in [0.2, 0.25) is 0 Å². The predicted octanol–water partition coefficient (Wildman–Crippen LogP) is 2.12. The summed E-state index contributed by atoms with van der Waals surface area (Å²) in [6.07, 6.45) is 3.75. The number of aliphatic imine (C=N–C) groups is 1. The molecule has 0 aliphatic heterocycles. The molecule has 0 saturated heterocycles. The second-order valence-electron chi connectivity index (χ2n) is 6.35. The summed E-state index contributed by atoms with van der Waals surface area (Å²) in [7, 11) is 4.27. The molecule has 1 aromatic rings. The average Bonchev–Trinajstić information content (AvgIpc) is 3.33. The summed E-state index contributed by atoms with van der Waals surface area (Å²) in [5.41, 5.74) is 1.37. The van der Waals surface area contributed by atoms with Crippen molar-refractivity contribution in [2.24, 2.45) is 10.9 Å². The van der Waals surface area contributed by atoms with Gasteiger partial charge in [0.15, 0.2) is 5.96 Å². The number of benzene rings is 1. The van der Waals surface area contributed by atoms with Crippen LogP contribution in [0.15, 0.2) is 35.3 Å². The molecule has 122 valence electrons. The fourth-order valence-corrected chi connectivity index (χ4v) is 2.40. The third-order valence-electron chi connectivity index (χ3n) is 4.10. The molecule has 1 aliphatic rings. The Morgan fingerprint density at radius 3 is 2.55 bits per heavy atom. The minimum absolute atomic E-state index is 0.416. The van der Waals surface area contributed by atoms with Gasteiger partial charge in [-0.25, -0.2) is 0 Å². The Bertz CT molecular complexity index is 451. The first kappa shape index (κ1) is 16.8. The summed E-state index contributed by atoms with van der Waals surface area (Å²) in [6, 6.07) is 11.1. The van der Waals surface area contributed by atoms with Crippen LogP contribution in [0, 0.1) is 5.92 Å². The first-order chi connectivity index (χ1) is 10.7. The molecule has 4 heteroatoms. The lowest BCUT2D eigenvalue weighted by molar-refractivity contribution is 0.298. The number of nitrogens with one attached hydrogen (secondary N) is 2. The second kappa shape index (κ2) is 8.79. The van der Waals surface area contributed by atoms with E-state index >= 15 is 0 Å². The third-order valence-corrected chi connectivity index (χ3v) is 4.10. The Morgan fingerprint density at radius 2 is 1.95 bits per heavy atom. The molecule has 4 nitrogen and oxygen atoms in total. The summed E-state index contributed by atoms with van der Waals surface area (Å²) in [5.74, 6) is 1.81. The monoisotopic (exact) mass is 302 g/mol. The molecule has 0 aromatic heterocycles. The van der Waals surface area contributed by atoms with Gasteiger partial charge in [0.25, 0.3) is 0 Å². The smallest absolute Gasteiger partial charge is 0.191 e. The van der Waals surface area contributed by atoms with Crippen molar-refractivity contribution >= 4 is 5.96 Å². The molecular formula is C18H30N4. The van der Waals surface area contributed by atoms with Gasteiger partial charge in [0.1, 0.15) is 0 Å². The Morgan fingerprint density at radius 1 is 1.23 bits per heavy atom. The van der Waals surface area contributed by atoms with E-state index in [2.05, 4.69) is 66.9 Å². The lowest BCUT2D eigenvalue weighted by atomic mass is 10.1. The van der Waals surface area contributed by atoms with E-state index in [0.717, 1.165) is 37.9 Å². The van der Waals surface area contributed by atoms with Gasteiger partial charge in [-0.05, 0) is 51.8 Å². The molecule has 1 aromatic carbocycles. The van der Waals surface area contributed by atoms with E-state index in [1.807, 2.05) is 0 Å². The normalized spacial score (nSPS) is 16.6. The van der Waals surface area contributed by atoms with Crippen LogP contribution >= 0.6 is 0 Å². The van der Waals surface area contributed by atoms with Gasteiger partial charge in [0.05, 0.1) is 6.54 Å². The van der Waals surface area contributed by atoms with E-state index in [1.54, 1.807) is 0 Å². The molecule has 22 heavy (non-hydrogen) atoms. The minimum atomic E-state index is 0.416. The Labute approximate surface area is 135 Å². The summed E-state index contributed by atoms with van der Waals surface area (Å²) in [6.45, 7) is 4.88. The SMILES string of the molecule is CCNC(=NCC(Cc1ccccc1)N(C)C)NCC1CC1. The third kappa shape index (κ3) is 6.06. The molecule has 0 amide bonds. The number of nitrogens with zero attached hydrogens (tertiary/aromatic N) is 2. The molecule has 1 unspecified atom stereocenters. The largest absolute Gasteiger partial charge is 0.357 e. The molecule has 1 fully saturated rings. The quantitative estimate of drug-likeness (QED) is 0.571. The number of hydrogen-bond donors (Lipinski definition) is 2. The first-order valence-corrected chi connectivity index (χ1v) is 8.41. The average molecular weight is 302 g/mol. The highest BCUT2D eigenvalue weighted by atomic mass is 15.2. The number of guanidine groups is 1. The van der Waals surface area contributed by atoms with E-state index in [9.17, 15) is 0 Å². The van der Waals surface area contributed by atoms with E-state index < -0.39 is 0 Å². The zero-order chi connectivity index (χ0) is 15.8. The van der Waals surface area contributed by atoms with Gasteiger partial charge in [-0.1, -0.05) is 30.3 Å². The van der Waals surface area contributed by atoms with Gasteiger partial charge < -0.3 is 15.5 Å². The standard InChI is InChI=1S/C18H30N4/c1-4-19-18(20-13-16-10-11-16)21-14-17(22(2)3)12-15-8-6-5-7-9-15/h5-9,16-17H,4,10-14H2,1-3H3,(H2,19,20,21). The number of likely N-dealkylation sites (N-methyl/N-ethyl adjacent to an activating group) is 1. The summed E-state index contributed by atoms with van der Waals surface area (Å²) in [4.78, 5) is 7.05. The van der Waals surface area contributed by atoms with Gasteiger partial charge in [-0.2, -0.15) is 0 Å². The fourth-order valence-electron chi connectivity index (χ4n) is 2.40. The molecule has 1 saturated carbocycles. The van der Waals surface area contributed by atoms with E-state index in [-0.39, 0.29) is 0 Å². The lowest BCUT2D eigenvalue weighted by Gasteiger charge is -2.23. The maximum atomic E-state index is 4.78.